The largest absolute Gasteiger partial charge is 0.487 e. The average molecular weight is 620 g/mol. The van der Waals surface area contributed by atoms with Crippen LogP contribution < -0.4 is 15.8 Å². The van der Waals surface area contributed by atoms with Gasteiger partial charge in [-0.3, -0.25) is 29.0 Å². The number of hydrogen-bond acceptors (Lipinski definition) is 7. The molecule has 5 rings (SSSR count). The number of urea groups is 1. The zero-order valence-electron chi connectivity index (χ0n) is 24.9. The minimum atomic E-state index is -0.746. The molecule has 2 atom stereocenters. The van der Waals surface area contributed by atoms with E-state index in [1.54, 1.807) is 47.1 Å². The number of carbonyl (C=O) groups is 4. The van der Waals surface area contributed by atoms with Crippen LogP contribution in [0.25, 0.3) is 0 Å². The van der Waals surface area contributed by atoms with Crippen LogP contribution in [0.2, 0.25) is 5.02 Å². The molecule has 13 heteroatoms. The van der Waals surface area contributed by atoms with Gasteiger partial charge in [-0.1, -0.05) is 29.8 Å². The van der Waals surface area contributed by atoms with E-state index < -0.39 is 41.8 Å². The highest BCUT2D eigenvalue weighted by molar-refractivity contribution is 6.30. The molecule has 0 radical (unpaired) electrons. The van der Waals surface area contributed by atoms with Crippen molar-refractivity contribution in [3.05, 3.63) is 82.1 Å². The summed E-state index contributed by atoms with van der Waals surface area (Å²) in [4.78, 5) is 59.2. The molecule has 2 aromatic carbocycles. The van der Waals surface area contributed by atoms with E-state index in [1.807, 2.05) is 39.0 Å². The number of primary amides is 1. The predicted molar refractivity (Wildman–Crippen MR) is 163 cm³/mol. The van der Waals surface area contributed by atoms with Gasteiger partial charge < -0.3 is 20.7 Å². The molecular formula is C31H34ClN7O5. The van der Waals surface area contributed by atoms with E-state index in [-0.39, 0.29) is 29.6 Å². The van der Waals surface area contributed by atoms with Gasteiger partial charge in [0.25, 0.3) is 0 Å². The molecule has 44 heavy (non-hydrogen) atoms. The molecule has 2 aliphatic heterocycles. The Bertz CT molecular complexity index is 1640. The fraction of sp³-hybridized carbons (Fsp3) is 0.355. The number of aryl methyl sites for hydroxylation is 1. The Morgan fingerprint density at radius 2 is 1.84 bits per heavy atom. The van der Waals surface area contributed by atoms with Gasteiger partial charge in [0, 0.05) is 36.9 Å². The molecule has 12 nitrogen and oxygen atoms in total. The Morgan fingerprint density at radius 1 is 1.11 bits per heavy atom. The highest BCUT2D eigenvalue weighted by Crippen LogP contribution is 2.45. The molecule has 2 aliphatic rings. The molecule has 1 fully saturated rings. The first kappa shape index (κ1) is 30.7. The van der Waals surface area contributed by atoms with Crippen LogP contribution in [0.1, 0.15) is 66.5 Å². The van der Waals surface area contributed by atoms with Crippen LogP contribution in [-0.4, -0.2) is 74.3 Å². The second-order valence-corrected chi connectivity index (χ2v) is 12.2. The van der Waals surface area contributed by atoms with Gasteiger partial charge >= 0.3 is 6.03 Å². The van der Waals surface area contributed by atoms with E-state index in [0.717, 1.165) is 5.56 Å². The number of halogens is 1. The van der Waals surface area contributed by atoms with Crippen molar-refractivity contribution in [1.82, 2.24) is 24.9 Å². The van der Waals surface area contributed by atoms with Gasteiger partial charge in [-0.25, -0.2) is 4.79 Å². The number of hydrogen-bond donors (Lipinski definition) is 2. The Labute approximate surface area is 259 Å². The summed E-state index contributed by atoms with van der Waals surface area (Å²) in [7, 11) is 1.79. The van der Waals surface area contributed by atoms with Gasteiger partial charge in [0.15, 0.2) is 5.78 Å². The third-order valence-corrected chi connectivity index (χ3v) is 7.38. The van der Waals surface area contributed by atoms with Crippen molar-refractivity contribution in [2.45, 2.75) is 44.9 Å². The number of piperazine rings is 1. The lowest BCUT2D eigenvalue weighted by Crippen LogP contribution is -2.55. The zero-order valence-corrected chi connectivity index (χ0v) is 25.7. The van der Waals surface area contributed by atoms with Crippen molar-refractivity contribution < 1.29 is 23.9 Å². The third-order valence-electron chi connectivity index (χ3n) is 7.13. The van der Waals surface area contributed by atoms with Crippen LogP contribution in [-0.2, 0) is 16.6 Å². The zero-order chi connectivity index (χ0) is 31.8. The number of aliphatic imine (C=N–C) groups is 1. The van der Waals surface area contributed by atoms with E-state index in [2.05, 4.69) is 10.4 Å². The molecule has 230 valence electrons. The summed E-state index contributed by atoms with van der Waals surface area (Å²) >= 11 is 6.21. The summed E-state index contributed by atoms with van der Waals surface area (Å²) in [6, 6.07) is 12.1. The number of amidine groups is 1. The number of benzene rings is 2. The van der Waals surface area contributed by atoms with Gasteiger partial charge in [0.2, 0.25) is 11.8 Å². The number of rotatable bonds is 7. The lowest BCUT2D eigenvalue weighted by atomic mass is 9.97. The van der Waals surface area contributed by atoms with Gasteiger partial charge in [-0.2, -0.15) is 5.10 Å². The predicted octanol–water partition coefficient (Wildman–Crippen LogP) is 3.41. The Balaban J connectivity index is 1.71. The molecule has 4 amide bonds. The molecule has 0 spiro atoms. The van der Waals surface area contributed by atoms with Gasteiger partial charge in [-0.15, -0.1) is 0 Å². The topological polar surface area (TPSA) is 152 Å². The van der Waals surface area contributed by atoms with Crippen LogP contribution in [0.4, 0.5) is 4.79 Å². The molecule has 3 heterocycles. The first-order chi connectivity index (χ1) is 20.8. The van der Waals surface area contributed by atoms with Gasteiger partial charge in [-0.05, 0) is 56.7 Å². The van der Waals surface area contributed by atoms with Crippen LogP contribution in [0.3, 0.4) is 0 Å². The minimum absolute atomic E-state index is 0.116. The smallest absolute Gasteiger partial charge is 0.326 e. The number of aromatic nitrogens is 2. The lowest BCUT2D eigenvalue weighted by molar-refractivity contribution is -0.123. The number of carbonyl (C=O) groups excluding carboxylic acids is 4. The van der Waals surface area contributed by atoms with Crippen LogP contribution in [0.5, 0.6) is 5.75 Å². The fourth-order valence-electron chi connectivity index (χ4n) is 5.26. The number of nitrogens with two attached hydrogens (primary N) is 1. The van der Waals surface area contributed by atoms with Crippen molar-refractivity contribution in [2.24, 2.45) is 17.8 Å². The maximum absolute atomic E-state index is 14.4. The molecule has 3 aromatic rings. The number of ketones is 1. The number of Topliss-reactive ketones (excluding diaryl/α,β-unsaturated/α-hetero) is 1. The summed E-state index contributed by atoms with van der Waals surface area (Å²) in [6.45, 7) is 6.07. The Morgan fingerprint density at radius 3 is 2.45 bits per heavy atom. The van der Waals surface area contributed by atoms with Crippen molar-refractivity contribution in [2.75, 3.05) is 19.6 Å². The van der Waals surface area contributed by atoms with Crippen LogP contribution >= 0.6 is 11.6 Å². The second-order valence-electron chi connectivity index (χ2n) is 11.7. The average Bonchev–Trinajstić information content (AvgIpc) is 3.55. The Kier molecular flexibility index (Phi) is 8.46. The SMILES string of the molecule is Cn1ccc(C2C(c3ccc(Cl)cc3)N=C(c3ccc(C(=O)CC(N)=O)cc3OC(C)(C)C)N2C(=O)N2CCNC(=O)C2)n1. The molecule has 2 unspecified atom stereocenters. The number of nitrogens with zero attached hydrogens (tertiary/aromatic N) is 5. The molecule has 3 N–H and O–H groups in total. The summed E-state index contributed by atoms with van der Waals surface area (Å²) < 4.78 is 7.98. The summed E-state index contributed by atoms with van der Waals surface area (Å²) in [5.41, 5.74) is 6.64. The van der Waals surface area contributed by atoms with Gasteiger partial charge in [0.05, 0.1) is 17.7 Å². The molecule has 1 aromatic heterocycles. The number of nitrogens with one attached hydrogen (secondary N) is 1. The fourth-order valence-corrected chi connectivity index (χ4v) is 5.38. The molecular weight excluding hydrogens is 586 g/mol. The monoisotopic (exact) mass is 619 g/mol. The van der Waals surface area contributed by atoms with Gasteiger partial charge in [0.1, 0.15) is 35.8 Å². The quantitative estimate of drug-likeness (QED) is 0.305. The number of ether oxygens (including phenoxy) is 1. The minimum Gasteiger partial charge on any atom is -0.487 e. The highest BCUT2D eigenvalue weighted by atomic mass is 35.5. The van der Waals surface area contributed by atoms with E-state index in [4.69, 9.17) is 27.1 Å². The van der Waals surface area contributed by atoms with E-state index in [0.29, 0.717) is 29.4 Å². The Hall–Kier alpha value is -4.71. The lowest BCUT2D eigenvalue weighted by Gasteiger charge is -2.35. The second kappa shape index (κ2) is 12.1. The van der Waals surface area contributed by atoms with E-state index >= 15 is 0 Å². The maximum Gasteiger partial charge on any atom is 0.326 e. The molecule has 0 bridgehead atoms. The maximum atomic E-state index is 14.4. The van der Waals surface area contributed by atoms with E-state index in [9.17, 15) is 19.2 Å². The molecule has 0 aliphatic carbocycles. The van der Waals surface area contributed by atoms with E-state index in [1.165, 1.54) is 11.0 Å². The number of amides is 4. The first-order valence-electron chi connectivity index (χ1n) is 14.1. The first-order valence-corrected chi connectivity index (χ1v) is 14.5. The third kappa shape index (κ3) is 6.60. The van der Waals surface area contributed by atoms with Crippen molar-refractivity contribution >= 4 is 41.1 Å². The summed E-state index contributed by atoms with van der Waals surface area (Å²) in [5, 5.41) is 7.97. The van der Waals surface area contributed by atoms with Crippen molar-refractivity contribution in [1.29, 1.82) is 0 Å². The molecule has 0 saturated carbocycles. The van der Waals surface area contributed by atoms with Crippen molar-refractivity contribution in [3.63, 3.8) is 0 Å². The molecule has 1 saturated heterocycles. The van der Waals surface area contributed by atoms with Crippen LogP contribution in [0, 0.1) is 0 Å². The van der Waals surface area contributed by atoms with Crippen molar-refractivity contribution in [3.8, 4) is 5.75 Å². The van der Waals surface area contributed by atoms with Crippen LogP contribution in [0.15, 0.2) is 59.7 Å². The normalized spacial score (nSPS) is 18.6. The highest BCUT2D eigenvalue weighted by Gasteiger charge is 2.46. The summed E-state index contributed by atoms with van der Waals surface area (Å²) in [5.74, 6) is -0.903. The standard InChI is InChI=1S/C31H34ClN7O5/c1-31(2,3)44-24-15-19(23(40)16-25(33)41)7-10-21(24)29-35-27(18-5-8-20(32)9-6-18)28(22-11-13-37(4)36-22)39(29)30(43)38-14-12-34-26(42)17-38/h5-11,13,15,27-28H,12,14,16-17H2,1-4H3,(H2,33,41)(H,34,42). The summed E-state index contributed by atoms with van der Waals surface area (Å²) in [6.07, 6.45) is 1.33.